The molecule has 4 heteroatoms. The lowest BCUT2D eigenvalue weighted by molar-refractivity contribution is 0.0742. The fourth-order valence-electron chi connectivity index (χ4n) is 3.57. The van der Waals surface area contributed by atoms with E-state index in [1.165, 1.54) is 10.3 Å². The van der Waals surface area contributed by atoms with Gasteiger partial charge < -0.3 is 9.47 Å². The van der Waals surface area contributed by atoms with Crippen LogP contribution in [-0.2, 0) is 19.5 Å². The SMILES string of the molecule is CCN(Cc1ccccc1)C(=O)c1cc2sccc2n1CCc1ccccc1. The molecule has 0 N–H and O–H groups in total. The summed E-state index contributed by atoms with van der Waals surface area (Å²) in [5.74, 6) is 0.0998. The molecule has 0 bridgehead atoms. The monoisotopic (exact) mass is 388 g/mol. The van der Waals surface area contributed by atoms with Crippen LogP contribution < -0.4 is 0 Å². The van der Waals surface area contributed by atoms with Gasteiger partial charge in [-0.25, -0.2) is 0 Å². The highest BCUT2D eigenvalue weighted by Crippen LogP contribution is 2.27. The van der Waals surface area contributed by atoms with E-state index >= 15 is 0 Å². The number of carbonyl (C=O) groups is 1. The van der Waals surface area contributed by atoms with Gasteiger partial charge in [0.25, 0.3) is 5.91 Å². The molecule has 142 valence electrons. The normalized spacial score (nSPS) is 11.0. The molecular formula is C24H24N2OS. The minimum absolute atomic E-state index is 0.0998. The summed E-state index contributed by atoms with van der Waals surface area (Å²) in [5, 5.41) is 2.10. The maximum absolute atomic E-state index is 13.4. The fraction of sp³-hybridized carbons (Fsp3) is 0.208. The fourth-order valence-corrected chi connectivity index (χ4v) is 4.40. The first-order chi connectivity index (χ1) is 13.8. The average molecular weight is 389 g/mol. The van der Waals surface area contributed by atoms with Gasteiger partial charge in [0, 0.05) is 19.6 Å². The molecular weight excluding hydrogens is 364 g/mol. The number of thiophene rings is 1. The van der Waals surface area contributed by atoms with Crippen LogP contribution in [-0.4, -0.2) is 21.9 Å². The van der Waals surface area contributed by atoms with Crippen LogP contribution >= 0.6 is 11.3 Å². The van der Waals surface area contributed by atoms with E-state index in [1.807, 2.05) is 36.1 Å². The quantitative estimate of drug-likeness (QED) is 0.404. The molecule has 0 unspecified atom stereocenters. The number of carbonyl (C=O) groups excluding carboxylic acids is 1. The van der Waals surface area contributed by atoms with Gasteiger partial charge in [0.1, 0.15) is 5.69 Å². The molecule has 28 heavy (non-hydrogen) atoms. The molecule has 3 nitrogen and oxygen atoms in total. The van der Waals surface area contributed by atoms with E-state index in [2.05, 4.69) is 58.5 Å². The third-order valence-corrected chi connectivity index (χ3v) is 5.95. The first-order valence-corrected chi connectivity index (χ1v) is 10.6. The van der Waals surface area contributed by atoms with Crippen molar-refractivity contribution >= 4 is 27.5 Å². The van der Waals surface area contributed by atoms with Crippen LogP contribution in [0.1, 0.15) is 28.5 Å². The Morgan fingerprint density at radius 2 is 1.64 bits per heavy atom. The lowest BCUT2D eigenvalue weighted by Crippen LogP contribution is -2.32. The lowest BCUT2D eigenvalue weighted by atomic mass is 10.1. The highest BCUT2D eigenvalue weighted by atomic mass is 32.1. The molecule has 2 aromatic carbocycles. The van der Waals surface area contributed by atoms with E-state index in [0.717, 1.165) is 29.7 Å². The standard InChI is InChI=1S/C24H24N2OS/c1-2-25(18-20-11-7-4-8-12-20)24(27)22-17-23-21(14-16-28-23)26(22)15-13-19-9-5-3-6-10-19/h3-12,14,16-17H,2,13,15,18H2,1H3. The predicted octanol–water partition coefficient (Wildman–Crippen LogP) is 5.61. The van der Waals surface area contributed by atoms with Crippen molar-refractivity contribution in [1.82, 2.24) is 9.47 Å². The number of aromatic nitrogens is 1. The first kappa shape index (κ1) is 18.5. The summed E-state index contributed by atoms with van der Waals surface area (Å²) in [7, 11) is 0. The molecule has 0 spiro atoms. The van der Waals surface area contributed by atoms with Crippen molar-refractivity contribution in [2.45, 2.75) is 26.4 Å². The van der Waals surface area contributed by atoms with Crippen LogP contribution in [0.15, 0.2) is 78.2 Å². The molecule has 0 aliphatic carbocycles. The maximum Gasteiger partial charge on any atom is 0.270 e. The van der Waals surface area contributed by atoms with Crippen molar-refractivity contribution in [2.24, 2.45) is 0 Å². The Balaban J connectivity index is 1.61. The Hall–Kier alpha value is -2.85. The molecule has 0 atom stereocenters. The van der Waals surface area contributed by atoms with Crippen molar-refractivity contribution in [3.05, 3.63) is 95.0 Å². The molecule has 2 aromatic heterocycles. The summed E-state index contributed by atoms with van der Waals surface area (Å²) < 4.78 is 3.36. The zero-order chi connectivity index (χ0) is 19.3. The summed E-state index contributed by atoms with van der Waals surface area (Å²) in [6.07, 6.45) is 0.908. The van der Waals surface area contributed by atoms with E-state index in [1.54, 1.807) is 11.3 Å². The first-order valence-electron chi connectivity index (χ1n) is 9.70. The van der Waals surface area contributed by atoms with E-state index in [9.17, 15) is 4.79 Å². The van der Waals surface area contributed by atoms with Gasteiger partial charge in [-0.3, -0.25) is 4.79 Å². The highest BCUT2D eigenvalue weighted by Gasteiger charge is 2.21. The van der Waals surface area contributed by atoms with Crippen LogP contribution in [0, 0.1) is 0 Å². The van der Waals surface area contributed by atoms with Gasteiger partial charge in [0.05, 0.1) is 10.2 Å². The Kier molecular flexibility index (Phi) is 5.58. The van der Waals surface area contributed by atoms with E-state index < -0.39 is 0 Å². The number of rotatable bonds is 7. The van der Waals surface area contributed by atoms with Gasteiger partial charge in [0.15, 0.2) is 0 Å². The Bertz CT molecular complexity index is 1050. The van der Waals surface area contributed by atoms with Crippen molar-refractivity contribution in [2.75, 3.05) is 6.54 Å². The average Bonchev–Trinajstić information content (AvgIpc) is 3.33. The largest absolute Gasteiger partial charge is 0.335 e. The second-order valence-electron chi connectivity index (χ2n) is 6.89. The zero-order valence-electron chi connectivity index (χ0n) is 16.0. The Labute approximate surface area is 169 Å². The Morgan fingerprint density at radius 1 is 0.964 bits per heavy atom. The Morgan fingerprint density at radius 3 is 2.32 bits per heavy atom. The smallest absolute Gasteiger partial charge is 0.270 e. The molecule has 0 saturated heterocycles. The maximum atomic E-state index is 13.4. The van der Waals surface area contributed by atoms with Gasteiger partial charge in [-0.2, -0.15) is 0 Å². The molecule has 0 saturated carbocycles. The topological polar surface area (TPSA) is 25.2 Å². The number of amides is 1. The molecule has 0 fully saturated rings. The van der Waals surface area contributed by atoms with Crippen LogP contribution in [0.5, 0.6) is 0 Å². The van der Waals surface area contributed by atoms with E-state index in [0.29, 0.717) is 13.1 Å². The number of hydrogen-bond acceptors (Lipinski definition) is 2. The molecule has 1 amide bonds. The van der Waals surface area contributed by atoms with Gasteiger partial charge in [-0.05, 0) is 42.0 Å². The van der Waals surface area contributed by atoms with Crippen molar-refractivity contribution in [3.63, 3.8) is 0 Å². The minimum Gasteiger partial charge on any atom is -0.335 e. The minimum atomic E-state index is 0.0998. The summed E-state index contributed by atoms with van der Waals surface area (Å²) in [6, 6.07) is 24.8. The summed E-state index contributed by atoms with van der Waals surface area (Å²) >= 11 is 1.69. The summed E-state index contributed by atoms with van der Waals surface area (Å²) in [6.45, 7) is 4.16. The molecule has 0 radical (unpaired) electrons. The number of benzene rings is 2. The van der Waals surface area contributed by atoms with Crippen molar-refractivity contribution in [1.29, 1.82) is 0 Å². The highest BCUT2D eigenvalue weighted by molar-refractivity contribution is 7.17. The van der Waals surface area contributed by atoms with Crippen LogP contribution in [0.2, 0.25) is 0 Å². The van der Waals surface area contributed by atoms with Gasteiger partial charge in [-0.1, -0.05) is 60.7 Å². The second kappa shape index (κ2) is 8.44. The molecule has 4 aromatic rings. The van der Waals surface area contributed by atoms with Crippen LogP contribution in [0.4, 0.5) is 0 Å². The third kappa shape index (κ3) is 3.87. The number of aryl methyl sites for hydroxylation is 2. The molecule has 0 aliphatic rings. The lowest BCUT2D eigenvalue weighted by Gasteiger charge is -2.22. The van der Waals surface area contributed by atoms with Crippen molar-refractivity contribution < 1.29 is 4.79 Å². The summed E-state index contributed by atoms with van der Waals surface area (Å²) in [4.78, 5) is 15.3. The van der Waals surface area contributed by atoms with E-state index in [4.69, 9.17) is 0 Å². The molecule has 4 rings (SSSR count). The van der Waals surface area contributed by atoms with E-state index in [-0.39, 0.29) is 5.91 Å². The predicted molar refractivity (Wildman–Crippen MR) is 117 cm³/mol. The number of hydrogen-bond donors (Lipinski definition) is 0. The molecule has 0 aliphatic heterocycles. The molecule has 2 heterocycles. The van der Waals surface area contributed by atoms with Crippen LogP contribution in [0.25, 0.3) is 10.2 Å². The van der Waals surface area contributed by atoms with Crippen molar-refractivity contribution in [3.8, 4) is 0 Å². The second-order valence-corrected chi connectivity index (χ2v) is 7.84. The van der Waals surface area contributed by atoms with Crippen LogP contribution in [0.3, 0.4) is 0 Å². The van der Waals surface area contributed by atoms with Gasteiger partial charge >= 0.3 is 0 Å². The third-order valence-electron chi connectivity index (χ3n) is 5.09. The number of nitrogens with zero attached hydrogens (tertiary/aromatic N) is 2. The zero-order valence-corrected chi connectivity index (χ0v) is 16.9. The number of fused-ring (bicyclic) bond motifs is 1. The summed E-state index contributed by atoms with van der Waals surface area (Å²) in [5.41, 5.74) is 4.38. The van der Waals surface area contributed by atoms with Gasteiger partial charge in [-0.15, -0.1) is 11.3 Å². The van der Waals surface area contributed by atoms with Gasteiger partial charge in [0.2, 0.25) is 0 Å².